The van der Waals surface area contributed by atoms with Crippen molar-refractivity contribution in [2.75, 3.05) is 5.75 Å². The number of benzene rings is 2. The molecule has 0 bridgehead atoms. The smallest absolute Gasteiger partial charge is 0.254 e. The minimum Gasteiger partial charge on any atom is -0.345 e. The maximum atomic E-state index is 14.0. The Labute approximate surface area is 162 Å². The predicted molar refractivity (Wildman–Crippen MR) is 103 cm³/mol. The first kappa shape index (κ1) is 17.3. The fourth-order valence-electron chi connectivity index (χ4n) is 2.95. The van der Waals surface area contributed by atoms with E-state index in [4.69, 9.17) is 0 Å². The average Bonchev–Trinajstić information content (AvgIpc) is 3.13. The van der Waals surface area contributed by atoms with E-state index in [0.29, 0.717) is 10.5 Å². The Bertz CT molecular complexity index is 958. The highest BCUT2D eigenvalue weighted by molar-refractivity contribution is 9.10. The summed E-state index contributed by atoms with van der Waals surface area (Å²) in [7, 11) is 0. The van der Waals surface area contributed by atoms with Gasteiger partial charge in [0.25, 0.3) is 5.91 Å². The van der Waals surface area contributed by atoms with Gasteiger partial charge >= 0.3 is 0 Å². The van der Waals surface area contributed by atoms with Crippen molar-refractivity contribution in [3.63, 3.8) is 0 Å². The van der Waals surface area contributed by atoms with Crippen LogP contribution < -0.4 is 5.32 Å². The average molecular weight is 432 g/mol. The molecule has 0 fully saturated rings. The van der Waals surface area contributed by atoms with Crippen LogP contribution in [-0.4, -0.2) is 21.4 Å². The Morgan fingerprint density at radius 3 is 2.88 bits per heavy atom. The molecule has 4 nitrogen and oxygen atoms in total. The maximum absolute atomic E-state index is 14.0. The minimum atomic E-state index is -0.227. The van der Waals surface area contributed by atoms with Gasteiger partial charge in [0.2, 0.25) is 0 Å². The molecular formula is C19H15BrFN3OS. The van der Waals surface area contributed by atoms with Crippen LogP contribution in [0, 0.1) is 5.82 Å². The standard InChI is InChI=1S/C19H15BrFN3OS/c20-13-4-6-14(7-5-13)24-11-12(10-22-24)19(25)23-17-8-9-26-18-15(17)2-1-3-16(18)21/h1-7,10-11,17H,8-9H2,(H,23,25). The summed E-state index contributed by atoms with van der Waals surface area (Å²) in [5.41, 5.74) is 2.19. The summed E-state index contributed by atoms with van der Waals surface area (Å²) in [5.74, 6) is 0.340. The molecule has 7 heteroatoms. The van der Waals surface area contributed by atoms with Crippen LogP contribution in [0.5, 0.6) is 0 Å². The first-order valence-corrected chi connectivity index (χ1v) is 9.92. The number of halogens is 2. The molecule has 0 saturated heterocycles. The van der Waals surface area contributed by atoms with E-state index in [-0.39, 0.29) is 17.8 Å². The number of nitrogens with one attached hydrogen (secondary N) is 1. The van der Waals surface area contributed by atoms with Gasteiger partial charge in [0.1, 0.15) is 5.82 Å². The van der Waals surface area contributed by atoms with Crippen molar-refractivity contribution in [2.45, 2.75) is 17.4 Å². The number of rotatable bonds is 3. The largest absolute Gasteiger partial charge is 0.345 e. The molecule has 0 radical (unpaired) electrons. The quantitative estimate of drug-likeness (QED) is 0.651. The second kappa shape index (κ2) is 7.25. The van der Waals surface area contributed by atoms with E-state index in [1.165, 1.54) is 17.8 Å². The lowest BCUT2D eigenvalue weighted by Crippen LogP contribution is -2.30. The summed E-state index contributed by atoms with van der Waals surface area (Å²) in [6, 6.07) is 12.5. The van der Waals surface area contributed by atoms with Gasteiger partial charge in [0, 0.05) is 21.3 Å². The molecule has 0 aliphatic carbocycles. The molecule has 0 spiro atoms. The Hall–Kier alpha value is -2.12. The van der Waals surface area contributed by atoms with Crippen LogP contribution in [0.4, 0.5) is 4.39 Å². The van der Waals surface area contributed by atoms with Crippen LogP contribution in [0.15, 0.2) is 64.2 Å². The van der Waals surface area contributed by atoms with Crippen LogP contribution in [0.1, 0.15) is 28.4 Å². The lowest BCUT2D eigenvalue weighted by molar-refractivity contribution is 0.0934. The molecule has 1 amide bonds. The summed E-state index contributed by atoms with van der Waals surface area (Å²) in [6.07, 6.45) is 4.01. The lowest BCUT2D eigenvalue weighted by Gasteiger charge is -2.26. The monoisotopic (exact) mass is 431 g/mol. The zero-order valence-corrected chi connectivity index (χ0v) is 16.1. The van der Waals surface area contributed by atoms with Gasteiger partial charge in [-0.05, 0) is 42.3 Å². The molecule has 0 saturated carbocycles. The lowest BCUT2D eigenvalue weighted by atomic mass is 10.0. The van der Waals surface area contributed by atoms with Crippen molar-refractivity contribution in [1.29, 1.82) is 0 Å². The Morgan fingerprint density at radius 2 is 2.08 bits per heavy atom. The van der Waals surface area contributed by atoms with E-state index in [0.717, 1.165) is 27.9 Å². The zero-order chi connectivity index (χ0) is 18.1. The highest BCUT2D eigenvalue weighted by Crippen LogP contribution is 2.37. The van der Waals surface area contributed by atoms with Gasteiger partial charge in [-0.2, -0.15) is 5.10 Å². The van der Waals surface area contributed by atoms with Crippen molar-refractivity contribution < 1.29 is 9.18 Å². The van der Waals surface area contributed by atoms with Crippen LogP contribution in [-0.2, 0) is 0 Å². The summed E-state index contributed by atoms with van der Waals surface area (Å²) in [4.78, 5) is 13.3. The number of nitrogens with zero attached hydrogens (tertiary/aromatic N) is 2. The second-order valence-electron chi connectivity index (χ2n) is 5.97. The van der Waals surface area contributed by atoms with Crippen molar-refractivity contribution in [2.24, 2.45) is 0 Å². The molecular weight excluding hydrogens is 417 g/mol. The van der Waals surface area contributed by atoms with E-state index in [1.807, 2.05) is 30.3 Å². The minimum absolute atomic E-state index is 0.189. The Balaban J connectivity index is 1.53. The van der Waals surface area contributed by atoms with Crippen LogP contribution >= 0.6 is 27.7 Å². The zero-order valence-electron chi connectivity index (χ0n) is 13.7. The van der Waals surface area contributed by atoms with Crippen molar-refractivity contribution in [1.82, 2.24) is 15.1 Å². The predicted octanol–water partition coefficient (Wildman–Crippen LogP) is 4.74. The molecule has 3 aromatic rings. The van der Waals surface area contributed by atoms with E-state index in [1.54, 1.807) is 23.1 Å². The van der Waals surface area contributed by atoms with E-state index < -0.39 is 0 Å². The highest BCUT2D eigenvalue weighted by atomic mass is 79.9. The number of aromatic nitrogens is 2. The Morgan fingerprint density at radius 1 is 1.27 bits per heavy atom. The number of thioether (sulfide) groups is 1. The first-order chi connectivity index (χ1) is 12.6. The number of carbonyl (C=O) groups excluding carboxylic acids is 1. The third-order valence-corrected chi connectivity index (χ3v) is 5.95. The highest BCUT2D eigenvalue weighted by Gasteiger charge is 2.25. The summed E-state index contributed by atoms with van der Waals surface area (Å²) < 4.78 is 16.6. The number of hydrogen-bond acceptors (Lipinski definition) is 3. The molecule has 1 aromatic heterocycles. The molecule has 2 aromatic carbocycles. The molecule has 1 atom stereocenters. The van der Waals surface area contributed by atoms with Crippen molar-refractivity contribution in [3.8, 4) is 5.69 Å². The normalized spacial score (nSPS) is 16.2. The van der Waals surface area contributed by atoms with Crippen molar-refractivity contribution in [3.05, 3.63) is 76.3 Å². The van der Waals surface area contributed by atoms with Gasteiger partial charge < -0.3 is 5.32 Å². The van der Waals surface area contributed by atoms with Gasteiger partial charge in [0.15, 0.2) is 0 Å². The van der Waals surface area contributed by atoms with Crippen LogP contribution in [0.25, 0.3) is 5.69 Å². The molecule has 1 unspecified atom stereocenters. The SMILES string of the molecule is O=C(NC1CCSc2c(F)cccc21)c1cnn(-c2ccc(Br)cc2)c1. The number of fused-ring (bicyclic) bond motifs is 1. The molecule has 1 N–H and O–H groups in total. The fraction of sp³-hybridized carbons (Fsp3) is 0.158. The molecule has 4 rings (SSSR count). The molecule has 132 valence electrons. The molecule has 1 aliphatic rings. The van der Waals surface area contributed by atoms with E-state index >= 15 is 0 Å². The fourth-order valence-corrected chi connectivity index (χ4v) is 4.36. The van der Waals surface area contributed by atoms with Gasteiger partial charge in [-0.25, -0.2) is 9.07 Å². The van der Waals surface area contributed by atoms with E-state index in [2.05, 4.69) is 26.3 Å². The van der Waals surface area contributed by atoms with Crippen molar-refractivity contribution >= 4 is 33.6 Å². The summed E-state index contributed by atoms with van der Waals surface area (Å²) >= 11 is 4.90. The Kier molecular flexibility index (Phi) is 4.82. The third kappa shape index (κ3) is 3.41. The van der Waals surface area contributed by atoms with Gasteiger partial charge in [-0.3, -0.25) is 4.79 Å². The van der Waals surface area contributed by atoms with Crippen LogP contribution in [0.3, 0.4) is 0 Å². The number of amides is 1. The third-order valence-electron chi connectivity index (χ3n) is 4.27. The molecule has 2 heterocycles. The van der Waals surface area contributed by atoms with E-state index in [9.17, 15) is 9.18 Å². The van der Waals surface area contributed by atoms with Gasteiger partial charge in [-0.15, -0.1) is 11.8 Å². The van der Waals surface area contributed by atoms with Crippen LogP contribution in [0.2, 0.25) is 0 Å². The topological polar surface area (TPSA) is 46.9 Å². The molecule has 26 heavy (non-hydrogen) atoms. The summed E-state index contributed by atoms with van der Waals surface area (Å²) in [6.45, 7) is 0. The maximum Gasteiger partial charge on any atom is 0.254 e. The van der Waals surface area contributed by atoms with Gasteiger partial charge in [0.05, 0.1) is 23.5 Å². The number of carbonyl (C=O) groups is 1. The number of hydrogen-bond donors (Lipinski definition) is 1. The summed E-state index contributed by atoms with van der Waals surface area (Å²) in [5, 5.41) is 7.28. The van der Waals surface area contributed by atoms with Gasteiger partial charge in [-0.1, -0.05) is 28.1 Å². The first-order valence-electron chi connectivity index (χ1n) is 8.14. The molecule has 1 aliphatic heterocycles. The second-order valence-corrected chi connectivity index (χ2v) is 7.99.